The van der Waals surface area contributed by atoms with Crippen LogP contribution in [-0.2, 0) is 4.79 Å². The summed E-state index contributed by atoms with van der Waals surface area (Å²) in [6.07, 6.45) is 57.4. The Balaban J connectivity index is 3.48. The standard InChI is InChI=1S/C48H93NO3/c1-3-5-7-9-11-13-15-17-18-19-20-21-22-23-24-25-26-27-28-29-30-32-33-35-37-39-41-43-47(51)46(45-50)49-48(52)44-42-40-38-36-34-31-16-14-12-10-8-6-4-2/h14,16,41,43,46-47,50-51H,3-13,15,17-40,42,44-45H2,1-2H3,(H,49,52)/b16-14-,43-41+. The van der Waals surface area contributed by atoms with Crippen LogP contribution in [0.15, 0.2) is 24.3 Å². The number of amides is 1. The van der Waals surface area contributed by atoms with E-state index < -0.39 is 12.1 Å². The lowest BCUT2D eigenvalue weighted by atomic mass is 10.0. The van der Waals surface area contributed by atoms with E-state index in [1.54, 1.807) is 6.08 Å². The normalized spacial score (nSPS) is 13.1. The molecule has 0 aliphatic carbocycles. The molecule has 0 saturated heterocycles. The molecular formula is C48H93NO3. The first-order chi connectivity index (χ1) is 25.7. The fraction of sp³-hybridized carbons (Fsp3) is 0.896. The van der Waals surface area contributed by atoms with Gasteiger partial charge in [0.2, 0.25) is 5.91 Å². The molecule has 52 heavy (non-hydrogen) atoms. The van der Waals surface area contributed by atoms with E-state index in [0.29, 0.717) is 6.42 Å². The molecule has 4 nitrogen and oxygen atoms in total. The van der Waals surface area contributed by atoms with E-state index in [-0.39, 0.29) is 12.5 Å². The molecule has 0 spiro atoms. The van der Waals surface area contributed by atoms with Crippen LogP contribution in [0.25, 0.3) is 0 Å². The van der Waals surface area contributed by atoms with Crippen LogP contribution in [0.4, 0.5) is 0 Å². The molecule has 0 aromatic rings. The number of hydrogen-bond donors (Lipinski definition) is 3. The highest BCUT2D eigenvalue weighted by atomic mass is 16.3. The van der Waals surface area contributed by atoms with Crippen LogP contribution in [-0.4, -0.2) is 34.9 Å². The molecule has 2 atom stereocenters. The Morgan fingerprint density at radius 3 is 1.08 bits per heavy atom. The van der Waals surface area contributed by atoms with E-state index in [9.17, 15) is 15.0 Å². The molecule has 0 fully saturated rings. The molecule has 0 radical (unpaired) electrons. The van der Waals surface area contributed by atoms with Gasteiger partial charge in [0.25, 0.3) is 0 Å². The van der Waals surface area contributed by atoms with E-state index in [4.69, 9.17) is 0 Å². The molecular weight excluding hydrogens is 639 g/mol. The summed E-state index contributed by atoms with van der Waals surface area (Å²) in [5.41, 5.74) is 0. The minimum Gasteiger partial charge on any atom is -0.394 e. The molecule has 0 aromatic carbocycles. The fourth-order valence-electron chi connectivity index (χ4n) is 7.29. The maximum Gasteiger partial charge on any atom is 0.220 e. The van der Waals surface area contributed by atoms with Gasteiger partial charge in [-0.2, -0.15) is 0 Å². The van der Waals surface area contributed by atoms with Crippen molar-refractivity contribution in [1.29, 1.82) is 0 Å². The number of carbonyl (C=O) groups is 1. The molecule has 0 aromatic heterocycles. The van der Waals surface area contributed by atoms with Gasteiger partial charge in [0.1, 0.15) is 0 Å². The summed E-state index contributed by atoms with van der Waals surface area (Å²) in [7, 11) is 0. The first-order valence-corrected chi connectivity index (χ1v) is 23.6. The second-order valence-electron chi connectivity index (χ2n) is 16.2. The smallest absolute Gasteiger partial charge is 0.220 e. The number of carbonyl (C=O) groups excluding carboxylic acids is 1. The summed E-state index contributed by atoms with van der Waals surface area (Å²) >= 11 is 0. The van der Waals surface area contributed by atoms with Gasteiger partial charge in [0, 0.05) is 6.42 Å². The van der Waals surface area contributed by atoms with E-state index >= 15 is 0 Å². The minimum absolute atomic E-state index is 0.0716. The number of nitrogens with one attached hydrogen (secondary N) is 1. The van der Waals surface area contributed by atoms with Crippen molar-refractivity contribution in [1.82, 2.24) is 5.32 Å². The Bertz CT molecular complexity index is 750. The molecule has 3 N–H and O–H groups in total. The highest BCUT2D eigenvalue weighted by molar-refractivity contribution is 5.76. The van der Waals surface area contributed by atoms with Gasteiger partial charge in [0.15, 0.2) is 0 Å². The Labute approximate surface area is 326 Å². The van der Waals surface area contributed by atoms with Crippen molar-refractivity contribution >= 4 is 5.91 Å². The summed E-state index contributed by atoms with van der Waals surface area (Å²) < 4.78 is 0. The fourth-order valence-corrected chi connectivity index (χ4v) is 7.29. The maximum atomic E-state index is 12.4. The number of aliphatic hydroxyl groups excluding tert-OH is 2. The number of rotatable bonds is 43. The van der Waals surface area contributed by atoms with Crippen LogP contribution < -0.4 is 5.32 Å². The lowest BCUT2D eigenvalue weighted by Crippen LogP contribution is -2.45. The van der Waals surface area contributed by atoms with Crippen LogP contribution in [0.3, 0.4) is 0 Å². The predicted molar refractivity (Wildman–Crippen MR) is 230 cm³/mol. The average molecular weight is 732 g/mol. The number of unbranched alkanes of at least 4 members (excludes halogenated alkanes) is 34. The highest BCUT2D eigenvalue weighted by Gasteiger charge is 2.17. The Hall–Kier alpha value is -1.13. The molecule has 2 unspecified atom stereocenters. The van der Waals surface area contributed by atoms with E-state index in [0.717, 1.165) is 38.5 Å². The van der Waals surface area contributed by atoms with Crippen molar-refractivity contribution < 1.29 is 15.0 Å². The van der Waals surface area contributed by atoms with E-state index in [2.05, 4.69) is 31.3 Å². The SMILES string of the molecule is CCCCCC/C=C\CCCCCCCC(=O)NC(CO)C(O)/C=C/CCCCCCCCCCCCCCCCCCCCCCCCCCC. The van der Waals surface area contributed by atoms with Crippen LogP contribution in [0, 0.1) is 0 Å². The highest BCUT2D eigenvalue weighted by Crippen LogP contribution is 2.16. The summed E-state index contributed by atoms with van der Waals surface area (Å²) in [6, 6.07) is -0.624. The van der Waals surface area contributed by atoms with Gasteiger partial charge >= 0.3 is 0 Å². The zero-order valence-corrected chi connectivity index (χ0v) is 35.3. The molecule has 0 bridgehead atoms. The van der Waals surface area contributed by atoms with Gasteiger partial charge in [-0.15, -0.1) is 0 Å². The monoisotopic (exact) mass is 732 g/mol. The van der Waals surface area contributed by atoms with Crippen molar-refractivity contribution in [2.45, 2.75) is 270 Å². The Kier molecular flexibility index (Phi) is 43.3. The quantitative estimate of drug-likeness (QED) is 0.0432. The summed E-state index contributed by atoms with van der Waals surface area (Å²) in [4.78, 5) is 12.4. The third-order valence-electron chi connectivity index (χ3n) is 10.9. The molecule has 0 heterocycles. The topological polar surface area (TPSA) is 69.6 Å². The lowest BCUT2D eigenvalue weighted by molar-refractivity contribution is -0.123. The number of allylic oxidation sites excluding steroid dienone is 3. The zero-order chi connectivity index (χ0) is 37.8. The zero-order valence-electron chi connectivity index (χ0n) is 35.3. The van der Waals surface area contributed by atoms with E-state index in [1.807, 2.05) is 6.08 Å². The second-order valence-corrected chi connectivity index (χ2v) is 16.2. The first-order valence-electron chi connectivity index (χ1n) is 23.6. The van der Waals surface area contributed by atoms with Gasteiger partial charge in [-0.3, -0.25) is 4.79 Å². The van der Waals surface area contributed by atoms with Crippen molar-refractivity contribution in [3.8, 4) is 0 Å². The summed E-state index contributed by atoms with van der Waals surface area (Å²) in [5.74, 6) is -0.0716. The molecule has 0 aliphatic heterocycles. The molecule has 0 saturated carbocycles. The molecule has 308 valence electrons. The first kappa shape index (κ1) is 50.9. The molecule has 0 aliphatic rings. The Morgan fingerprint density at radius 1 is 0.442 bits per heavy atom. The predicted octanol–water partition coefficient (Wildman–Crippen LogP) is 14.8. The average Bonchev–Trinajstić information content (AvgIpc) is 3.15. The summed E-state index contributed by atoms with van der Waals surface area (Å²) in [6.45, 7) is 4.30. The molecule has 1 amide bonds. The van der Waals surface area contributed by atoms with Crippen molar-refractivity contribution in [2.24, 2.45) is 0 Å². The number of aliphatic hydroxyl groups is 2. The maximum absolute atomic E-state index is 12.4. The van der Waals surface area contributed by atoms with Gasteiger partial charge in [-0.25, -0.2) is 0 Å². The molecule has 4 heteroatoms. The number of hydrogen-bond acceptors (Lipinski definition) is 3. The van der Waals surface area contributed by atoms with Crippen LogP contribution in [0.5, 0.6) is 0 Å². The van der Waals surface area contributed by atoms with Crippen LogP contribution in [0.2, 0.25) is 0 Å². The van der Waals surface area contributed by atoms with E-state index in [1.165, 1.54) is 199 Å². The van der Waals surface area contributed by atoms with Crippen molar-refractivity contribution in [3.05, 3.63) is 24.3 Å². The largest absolute Gasteiger partial charge is 0.394 e. The minimum atomic E-state index is -0.840. The van der Waals surface area contributed by atoms with Gasteiger partial charge in [0.05, 0.1) is 18.8 Å². The summed E-state index contributed by atoms with van der Waals surface area (Å²) in [5, 5.41) is 23.0. The van der Waals surface area contributed by atoms with Gasteiger partial charge in [-0.1, -0.05) is 231 Å². The van der Waals surface area contributed by atoms with Crippen LogP contribution in [0.1, 0.15) is 258 Å². The molecule has 0 rings (SSSR count). The van der Waals surface area contributed by atoms with Crippen LogP contribution >= 0.6 is 0 Å². The Morgan fingerprint density at radius 2 is 0.731 bits per heavy atom. The third kappa shape index (κ3) is 40.1. The van der Waals surface area contributed by atoms with Gasteiger partial charge in [-0.05, 0) is 44.9 Å². The van der Waals surface area contributed by atoms with Gasteiger partial charge < -0.3 is 15.5 Å². The van der Waals surface area contributed by atoms with Crippen molar-refractivity contribution in [3.63, 3.8) is 0 Å². The third-order valence-corrected chi connectivity index (χ3v) is 10.9. The van der Waals surface area contributed by atoms with Crippen molar-refractivity contribution in [2.75, 3.05) is 6.61 Å². The second kappa shape index (κ2) is 44.3. The lowest BCUT2D eigenvalue weighted by Gasteiger charge is -2.20.